The molecule has 0 aliphatic carbocycles. The molecule has 3 heterocycles. The monoisotopic (exact) mass is 611 g/mol. The number of aryl methyl sites for hydroxylation is 2. The van der Waals surface area contributed by atoms with Crippen molar-refractivity contribution in [3.05, 3.63) is 94.4 Å². The van der Waals surface area contributed by atoms with Crippen molar-refractivity contribution < 1.29 is 19.0 Å². The summed E-state index contributed by atoms with van der Waals surface area (Å²) in [6.07, 6.45) is 5.97. The molecule has 1 aliphatic rings. The van der Waals surface area contributed by atoms with Gasteiger partial charge in [-0.15, -0.1) is 0 Å². The molecule has 2 aromatic heterocycles. The van der Waals surface area contributed by atoms with Gasteiger partial charge in [0.25, 0.3) is 0 Å². The minimum atomic E-state index is -0.343. The maximum atomic E-state index is 13.7. The smallest absolute Gasteiger partial charge is 0.355 e. The molecule has 44 heavy (non-hydrogen) atoms. The van der Waals surface area contributed by atoms with E-state index in [9.17, 15) is 4.79 Å². The van der Waals surface area contributed by atoms with Crippen LogP contribution >= 0.6 is 11.6 Å². The number of fused-ring (bicyclic) bond motifs is 3. The quantitative estimate of drug-likeness (QED) is 0.100. The number of halogens is 1. The van der Waals surface area contributed by atoms with Crippen molar-refractivity contribution in [2.45, 2.75) is 52.7 Å². The van der Waals surface area contributed by atoms with Gasteiger partial charge in [0.15, 0.2) is 0 Å². The minimum Gasteiger partial charge on any atom is -0.493 e. The van der Waals surface area contributed by atoms with Gasteiger partial charge in [-0.05, 0) is 56.2 Å². The number of ether oxygens (including phenoxy) is 3. The maximum absolute atomic E-state index is 13.7. The first-order chi connectivity index (χ1) is 21.4. The predicted octanol–water partition coefficient (Wildman–Crippen LogP) is 8.38. The van der Waals surface area contributed by atoms with Crippen LogP contribution in [0.3, 0.4) is 0 Å². The van der Waals surface area contributed by atoms with Crippen LogP contribution < -0.4 is 4.74 Å². The highest BCUT2D eigenvalue weighted by Crippen LogP contribution is 2.44. The fourth-order valence-corrected chi connectivity index (χ4v) is 6.58. The first-order valence-electron chi connectivity index (χ1n) is 15.4. The van der Waals surface area contributed by atoms with E-state index in [1.165, 1.54) is 0 Å². The molecule has 0 saturated carbocycles. The molecule has 5 aromatic rings. The van der Waals surface area contributed by atoms with Crippen molar-refractivity contribution in [3.8, 4) is 16.9 Å². The van der Waals surface area contributed by atoms with E-state index >= 15 is 0 Å². The summed E-state index contributed by atoms with van der Waals surface area (Å²) in [4.78, 5) is 13.7. The second-order valence-electron chi connectivity index (χ2n) is 11.1. The average molecular weight is 612 g/mol. The van der Waals surface area contributed by atoms with Gasteiger partial charge in [0.05, 0.1) is 36.1 Å². The highest BCUT2D eigenvalue weighted by Gasteiger charge is 2.31. The second kappa shape index (κ2) is 12.9. The summed E-state index contributed by atoms with van der Waals surface area (Å²) >= 11 is 7.07. The summed E-state index contributed by atoms with van der Waals surface area (Å²) in [6, 6.07) is 18.3. The van der Waals surface area contributed by atoms with Gasteiger partial charge in [-0.3, -0.25) is 4.68 Å². The molecule has 1 atom stereocenters. The molecule has 6 rings (SSSR count). The molecule has 3 aromatic carbocycles. The molecule has 0 fully saturated rings. The van der Waals surface area contributed by atoms with Gasteiger partial charge in [-0.25, -0.2) is 4.79 Å². The summed E-state index contributed by atoms with van der Waals surface area (Å²) in [5.74, 6) is 0.516. The largest absolute Gasteiger partial charge is 0.493 e. The van der Waals surface area contributed by atoms with Crippen LogP contribution in [0.4, 0.5) is 0 Å². The van der Waals surface area contributed by atoms with E-state index in [0.717, 1.165) is 61.9 Å². The Kier molecular flexibility index (Phi) is 8.78. The number of aromatic nitrogens is 3. The Hall–Kier alpha value is -4.07. The SMILES string of the molecule is CCOC(=O)c1c(CCCOc2cccc3ccccc23)c2ccc(Cl)c3c2n1C/C=C\COC(CC)c1nn(C)c(C)c1-3. The molecular weight excluding hydrogens is 574 g/mol. The zero-order valence-electron chi connectivity index (χ0n) is 25.7. The predicted molar refractivity (Wildman–Crippen MR) is 176 cm³/mol. The van der Waals surface area contributed by atoms with Gasteiger partial charge < -0.3 is 18.8 Å². The number of rotatable bonds is 8. The van der Waals surface area contributed by atoms with Gasteiger partial charge in [-0.2, -0.15) is 5.10 Å². The summed E-state index contributed by atoms with van der Waals surface area (Å²) < 4.78 is 22.2. The zero-order valence-corrected chi connectivity index (χ0v) is 26.5. The normalized spacial score (nSPS) is 15.6. The lowest BCUT2D eigenvalue weighted by Crippen LogP contribution is -2.14. The molecule has 0 amide bonds. The van der Waals surface area contributed by atoms with Crippen molar-refractivity contribution in [1.82, 2.24) is 14.3 Å². The van der Waals surface area contributed by atoms with E-state index in [1.807, 2.05) is 67.2 Å². The van der Waals surface area contributed by atoms with Crippen LogP contribution in [0.1, 0.15) is 60.2 Å². The van der Waals surface area contributed by atoms with Crippen LogP contribution in [0.15, 0.2) is 66.7 Å². The standard InChI is InChI=1S/C36H38ClN3O4/c1-5-29-33-31(23(3)39(4)38-33)32-28(37)19-18-27-26(16-12-22-44-30-17-11-14-24-13-7-8-15-25(24)30)35(36(41)42-6-2)40(34(27)32)20-9-10-21-43-29/h7-11,13-15,17-19,29H,5-6,12,16,20-22H2,1-4H3/b10-9-. The van der Waals surface area contributed by atoms with Gasteiger partial charge >= 0.3 is 5.97 Å². The molecule has 7 nitrogen and oxygen atoms in total. The number of benzene rings is 3. The van der Waals surface area contributed by atoms with Crippen LogP contribution in [0.5, 0.6) is 5.75 Å². The first-order valence-corrected chi connectivity index (χ1v) is 15.7. The van der Waals surface area contributed by atoms with Crippen LogP contribution in [-0.4, -0.2) is 40.1 Å². The van der Waals surface area contributed by atoms with Crippen LogP contribution in [0, 0.1) is 6.92 Å². The molecular formula is C36H38ClN3O4. The molecule has 0 saturated heterocycles. The van der Waals surface area contributed by atoms with Gasteiger partial charge in [0.1, 0.15) is 17.5 Å². The Morgan fingerprint density at radius 3 is 2.68 bits per heavy atom. The van der Waals surface area contributed by atoms with Gasteiger partial charge in [0.2, 0.25) is 0 Å². The fraction of sp³-hybridized carbons (Fsp3) is 0.333. The molecule has 0 radical (unpaired) electrons. The lowest BCUT2D eigenvalue weighted by atomic mass is 9.96. The van der Waals surface area contributed by atoms with E-state index in [4.69, 9.17) is 30.9 Å². The summed E-state index contributed by atoms with van der Waals surface area (Å²) in [5.41, 5.74) is 6.06. The number of carbonyl (C=O) groups is 1. The Bertz CT molecular complexity index is 1860. The topological polar surface area (TPSA) is 67.5 Å². The molecule has 0 bridgehead atoms. The van der Waals surface area contributed by atoms with Crippen molar-refractivity contribution in [3.63, 3.8) is 0 Å². The van der Waals surface area contributed by atoms with E-state index in [-0.39, 0.29) is 18.7 Å². The maximum Gasteiger partial charge on any atom is 0.355 e. The summed E-state index contributed by atoms with van der Waals surface area (Å²) in [7, 11) is 1.94. The van der Waals surface area contributed by atoms with E-state index in [1.54, 1.807) is 0 Å². The van der Waals surface area contributed by atoms with Crippen LogP contribution in [0.2, 0.25) is 5.02 Å². The highest BCUT2D eigenvalue weighted by molar-refractivity contribution is 6.35. The number of nitrogens with zero attached hydrogens (tertiary/aromatic N) is 3. The Morgan fingerprint density at radius 2 is 1.86 bits per heavy atom. The van der Waals surface area contributed by atoms with Crippen LogP contribution in [-0.2, 0) is 29.5 Å². The van der Waals surface area contributed by atoms with Crippen molar-refractivity contribution in [2.75, 3.05) is 19.8 Å². The summed E-state index contributed by atoms with van der Waals surface area (Å²) in [5, 5.41) is 8.72. The molecule has 1 aliphatic heterocycles. The van der Waals surface area contributed by atoms with Gasteiger partial charge in [-0.1, -0.05) is 73.1 Å². The Labute approximate surface area is 263 Å². The lowest BCUT2D eigenvalue weighted by molar-refractivity contribution is 0.0513. The third kappa shape index (κ3) is 5.39. The fourth-order valence-electron chi connectivity index (χ4n) is 6.33. The molecule has 0 spiro atoms. The second-order valence-corrected chi connectivity index (χ2v) is 11.5. The van der Waals surface area contributed by atoms with E-state index in [0.29, 0.717) is 43.3 Å². The zero-order chi connectivity index (χ0) is 30.8. The number of carbonyl (C=O) groups excluding carboxylic acids is 1. The third-order valence-corrected chi connectivity index (χ3v) is 8.78. The Morgan fingerprint density at radius 1 is 1.05 bits per heavy atom. The lowest BCUT2D eigenvalue weighted by Gasteiger charge is -2.17. The van der Waals surface area contributed by atoms with Crippen molar-refractivity contribution in [2.24, 2.45) is 7.05 Å². The van der Waals surface area contributed by atoms with Crippen molar-refractivity contribution in [1.29, 1.82) is 0 Å². The summed E-state index contributed by atoms with van der Waals surface area (Å²) in [6.45, 7) is 7.69. The molecule has 8 heteroatoms. The molecule has 1 unspecified atom stereocenters. The average Bonchev–Trinajstić information content (AvgIpc) is 3.49. The highest BCUT2D eigenvalue weighted by atomic mass is 35.5. The number of allylic oxidation sites excluding steroid dienone is 1. The minimum absolute atomic E-state index is 0.197. The number of hydrogen-bond donors (Lipinski definition) is 0. The van der Waals surface area contributed by atoms with Gasteiger partial charge in [0, 0.05) is 41.2 Å². The Balaban J connectivity index is 1.48. The van der Waals surface area contributed by atoms with E-state index < -0.39 is 0 Å². The first kappa shape index (κ1) is 30.0. The third-order valence-electron chi connectivity index (χ3n) is 8.46. The van der Waals surface area contributed by atoms with Crippen LogP contribution in [0.25, 0.3) is 32.8 Å². The van der Waals surface area contributed by atoms with Crippen molar-refractivity contribution >= 4 is 39.2 Å². The molecule has 0 N–H and O–H groups in total. The molecule has 228 valence electrons. The van der Waals surface area contributed by atoms with E-state index in [2.05, 4.69) is 36.6 Å². The number of esters is 1. The number of hydrogen-bond acceptors (Lipinski definition) is 5.